The number of nitrogens with zero attached hydrogens (tertiary/aromatic N) is 3. The summed E-state index contributed by atoms with van der Waals surface area (Å²) < 4.78 is 25.9. The fraction of sp³-hybridized carbons (Fsp3) is 0.667. The van der Waals surface area contributed by atoms with Crippen LogP contribution in [0.2, 0.25) is 0 Å². The highest BCUT2D eigenvalue weighted by atomic mass is 32.2. The topological polar surface area (TPSA) is 64.4 Å². The van der Waals surface area contributed by atoms with Gasteiger partial charge in [-0.15, -0.1) is 11.3 Å². The average molecular weight is 342 g/mol. The van der Waals surface area contributed by atoms with Crippen LogP contribution in [-0.4, -0.2) is 49.6 Å². The van der Waals surface area contributed by atoms with Crippen LogP contribution in [0.25, 0.3) is 0 Å². The monoisotopic (exact) mass is 341 g/mol. The molecule has 0 aliphatic carbocycles. The van der Waals surface area contributed by atoms with Crippen LogP contribution in [0.5, 0.6) is 0 Å². The molecule has 0 N–H and O–H groups in total. The average Bonchev–Trinajstić information content (AvgIpc) is 2.95. The minimum absolute atomic E-state index is 0.0886. The van der Waals surface area contributed by atoms with Gasteiger partial charge < -0.3 is 0 Å². The number of piperazine rings is 1. The maximum absolute atomic E-state index is 12.2. The molecular weight excluding hydrogens is 318 g/mol. The van der Waals surface area contributed by atoms with E-state index in [1.807, 2.05) is 17.4 Å². The summed E-state index contributed by atoms with van der Waals surface area (Å²) in [5.41, 5.74) is 0. The molecule has 0 amide bonds. The van der Waals surface area contributed by atoms with E-state index in [4.69, 9.17) is 5.26 Å². The Morgan fingerprint density at radius 3 is 2.50 bits per heavy atom. The lowest BCUT2D eigenvalue weighted by atomic mass is 10.3. The van der Waals surface area contributed by atoms with Crippen LogP contribution in [-0.2, 0) is 23.0 Å². The van der Waals surface area contributed by atoms with Crippen LogP contribution in [0.4, 0.5) is 0 Å². The third kappa shape index (κ3) is 4.78. The second-order valence-electron chi connectivity index (χ2n) is 5.47. The Morgan fingerprint density at radius 1 is 1.23 bits per heavy atom. The summed E-state index contributed by atoms with van der Waals surface area (Å²) in [6.45, 7) is 5.73. The lowest BCUT2D eigenvalue weighted by Crippen LogP contribution is -2.48. The number of rotatable bonds is 7. The van der Waals surface area contributed by atoms with Crippen molar-refractivity contribution < 1.29 is 8.42 Å². The van der Waals surface area contributed by atoms with Crippen LogP contribution >= 0.6 is 11.3 Å². The van der Waals surface area contributed by atoms with E-state index in [1.165, 1.54) is 9.75 Å². The van der Waals surface area contributed by atoms with Gasteiger partial charge >= 0.3 is 0 Å². The molecule has 1 aliphatic rings. The smallest absolute Gasteiger partial charge is 0.214 e. The molecule has 122 valence electrons. The van der Waals surface area contributed by atoms with Gasteiger partial charge in [-0.25, -0.2) is 8.42 Å². The molecule has 1 aliphatic heterocycles. The van der Waals surface area contributed by atoms with Crippen molar-refractivity contribution in [3.8, 4) is 6.07 Å². The predicted octanol–water partition coefficient (Wildman–Crippen LogP) is 2.06. The standard InChI is InChI=1S/C15H23N3O2S2/c1-2-14-5-6-15(21-14)13-17-8-10-18(11-9-17)22(19,20)12-4-3-7-16/h5-6H,2-4,8-13H2,1H3. The minimum atomic E-state index is -3.19. The van der Waals surface area contributed by atoms with Crippen molar-refractivity contribution >= 4 is 21.4 Å². The summed E-state index contributed by atoms with van der Waals surface area (Å²) in [4.78, 5) is 5.06. The molecule has 2 heterocycles. The number of sulfonamides is 1. The van der Waals surface area contributed by atoms with Crippen LogP contribution < -0.4 is 0 Å². The Balaban J connectivity index is 1.81. The van der Waals surface area contributed by atoms with Crippen molar-refractivity contribution in [2.45, 2.75) is 32.7 Å². The van der Waals surface area contributed by atoms with Gasteiger partial charge in [-0.05, 0) is 25.0 Å². The summed E-state index contributed by atoms with van der Waals surface area (Å²) in [6.07, 6.45) is 1.80. The first-order chi connectivity index (χ1) is 10.5. The maximum Gasteiger partial charge on any atom is 0.214 e. The number of thiophene rings is 1. The van der Waals surface area contributed by atoms with Crippen molar-refractivity contribution in [3.05, 3.63) is 21.9 Å². The summed E-state index contributed by atoms with van der Waals surface area (Å²) in [5, 5.41) is 8.50. The van der Waals surface area contributed by atoms with Crippen LogP contribution in [0.15, 0.2) is 12.1 Å². The first kappa shape index (κ1) is 17.4. The number of hydrogen-bond acceptors (Lipinski definition) is 5. The van der Waals surface area contributed by atoms with Crippen molar-refractivity contribution in [1.29, 1.82) is 5.26 Å². The fourth-order valence-corrected chi connectivity index (χ4v) is 5.03. The van der Waals surface area contributed by atoms with Gasteiger partial charge in [-0.2, -0.15) is 9.57 Å². The van der Waals surface area contributed by atoms with Crippen molar-refractivity contribution in [3.63, 3.8) is 0 Å². The zero-order chi connectivity index (χ0) is 16.0. The molecule has 2 rings (SSSR count). The highest BCUT2D eigenvalue weighted by Gasteiger charge is 2.26. The predicted molar refractivity (Wildman–Crippen MR) is 89.2 cm³/mol. The number of unbranched alkanes of at least 4 members (excludes halogenated alkanes) is 1. The van der Waals surface area contributed by atoms with Crippen LogP contribution in [0, 0.1) is 11.3 Å². The van der Waals surface area contributed by atoms with Gasteiger partial charge in [0.2, 0.25) is 10.0 Å². The number of aryl methyl sites for hydroxylation is 1. The molecule has 0 unspecified atom stereocenters. The first-order valence-electron chi connectivity index (χ1n) is 7.70. The number of nitriles is 1. The zero-order valence-electron chi connectivity index (χ0n) is 13.0. The van der Waals surface area contributed by atoms with E-state index >= 15 is 0 Å². The Hall–Kier alpha value is -0.940. The van der Waals surface area contributed by atoms with Crippen molar-refractivity contribution in [2.75, 3.05) is 31.9 Å². The molecule has 0 aromatic carbocycles. The molecule has 1 saturated heterocycles. The molecule has 0 spiro atoms. The van der Waals surface area contributed by atoms with E-state index < -0.39 is 10.0 Å². The minimum Gasteiger partial charge on any atom is -0.296 e. The number of hydrogen-bond donors (Lipinski definition) is 0. The molecule has 22 heavy (non-hydrogen) atoms. The normalized spacial score (nSPS) is 17.5. The van der Waals surface area contributed by atoms with Gasteiger partial charge in [0.15, 0.2) is 0 Å². The quantitative estimate of drug-likeness (QED) is 0.712. The van der Waals surface area contributed by atoms with E-state index in [0.29, 0.717) is 25.9 Å². The van der Waals surface area contributed by atoms with Gasteiger partial charge in [0, 0.05) is 48.9 Å². The van der Waals surface area contributed by atoms with E-state index in [1.54, 1.807) is 4.31 Å². The molecular formula is C15H23N3O2S2. The Morgan fingerprint density at radius 2 is 1.91 bits per heavy atom. The molecule has 0 saturated carbocycles. The largest absolute Gasteiger partial charge is 0.296 e. The third-order valence-corrected chi connectivity index (χ3v) is 7.03. The summed E-state index contributed by atoms with van der Waals surface area (Å²) in [6, 6.07) is 6.35. The van der Waals surface area contributed by atoms with E-state index in [0.717, 1.165) is 26.1 Å². The van der Waals surface area contributed by atoms with Gasteiger partial charge in [0.05, 0.1) is 11.8 Å². The van der Waals surface area contributed by atoms with Crippen LogP contribution in [0.3, 0.4) is 0 Å². The molecule has 0 atom stereocenters. The molecule has 7 heteroatoms. The van der Waals surface area contributed by atoms with E-state index in [2.05, 4.69) is 24.0 Å². The van der Waals surface area contributed by atoms with E-state index in [9.17, 15) is 8.42 Å². The molecule has 1 aromatic heterocycles. The SMILES string of the molecule is CCc1ccc(CN2CCN(S(=O)(=O)CCCC#N)CC2)s1. The molecule has 1 aromatic rings. The highest BCUT2D eigenvalue weighted by Crippen LogP contribution is 2.20. The van der Waals surface area contributed by atoms with E-state index in [-0.39, 0.29) is 5.75 Å². The van der Waals surface area contributed by atoms with Gasteiger partial charge in [-0.1, -0.05) is 6.92 Å². The molecule has 0 bridgehead atoms. The zero-order valence-corrected chi connectivity index (χ0v) is 14.6. The lowest BCUT2D eigenvalue weighted by molar-refractivity contribution is 0.183. The first-order valence-corrected chi connectivity index (χ1v) is 10.1. The maximum atomic E-state index is 12.2. The summed E-state index contributed by atoms with van der Waals surface area (Å²) in [5.74, 6) is 0.0886. The second kappa shape index (κ2) is 8.06. The van der Waals surface area contributed by atoms with Crippen molar-refractivity contribution in [2.24, 2.45) is 0 Å². The lowest BCUT2D eigenvalue weighted by Gasteiger charge is -2.33. The molecule has 1 fully saturated rings. The van der Waals surface area contributed by atoms with Gasteiger partial charge in [-0.3, -0.25) is 4.90 Å². The highest BCUT2D eigenvalue weighted by molar-refractivity contribution is 7.89. The summed E-state index contributed by atoms with van der Waals surface area (Å²) in [7, 11) is -3.19. The third-order valence-electron chi connectivity index (χ3n) is 3.86. The van der Waals surface area contributed by atoms with Gasteiger partial charge in [0.1, 0.15) is 0 Å². The Labute approximate surface area is 137 Å². The Bertz CT molecular complexity index is 611. The van der Waals surface area contributed by atoms with Gasteiger partial charge in [0.25, 0.3) is 0 Å². The Kier molecular flexibility index (Phi) is 6.38. The molecule has 0 radical (unpaired) electrons. The van der Waals surface area contributed by atoms with Crippen molar-refractivity contribution in [1.82, 2.24) is 9.21 Å². The molecule has 5 nitrogen and oxygen atoms in total. The fourth-order valence-electron chi connectivity index (χ4n) is 2.55. The van der Waals surface area contributed by atoms with Crippen LogP contribution in [0.1, 0.15) is 29.5 Å². The second-order valence-corrected chi connectivity index (χ2v) is 8.82. The summed E-state index contributed by atoms with van der Waals surface area (Å²) >= 11 is 1.84.